The van der Waals surface area contributed by atoms with Gasteiger partial charge in [-0.3, -0.25) is 0 Å². The zero-order chi connectivity index (χ0) is 16.8. The van der Waals surface area contributed by atoms with Crippen molar-refractivity contribution in [2.24, 2.45) is 0 Å². The first-order valence-corrected chi connectivity index (χ1v) is 8.73. The molecule has 0 bridgehead atoms. The molecule has 0 aliphatic rings. The lowest BCUT2D eigenvalue weighted by molar-refractivity contribution is 0.475. The van der Waals surface area contributed by atoms with Crippen molar-refractivity contribution in [2.75, 3.05) is 0 Å². The van der Waals surface area contributed by atoms with Gasteiger partial charge in [-0.15, -0.1) is 0 Å². The fourth-order valence-electron chi connectivity index (χ4n) is 3.96. The fraction of sp³-hybridized carbons (Fsp3) is 0.0833. The van der Waals surface area contributed by atoms with Gasteiger partial charge in [-0.05, 0) is 68.4 Å². The molecule has 0 aromatic heterocycles. The van der Waals surface area contributed by atoms with E-state index in [1.165, 1.54) is 43.4 Å². The number of phenolic OH excluding ortho intramolecular Hbond substituents is 1. The summed E-state index contributed by atoms with van der Waals surface area (Å²) in [6.07, 6.45) is 1.98. The molecule has 5 aromatic rings. The minimum absolute atomic E-state index is 0.325. The van der Waals surface area contributed by atoms with Crippen molar-refractivity contribution in [2.45, 2.75) is 12.8 Å². The van der Waals surface area contributed by atoms with Gasteiger partial charge in [0, 0.05) is 0 Å². The zero-order valence-electron chi connectivity index (χ0n) is 13.9. The summed E-state index contributed by atoms with van der Waals surface area (Å²) < 4.78 is 0. The van der Waals surface area contributed by atoms with E-state index in [0.29, 0.717) is 5.75 Å². The second-order valence-corrected chi connectivity index (χ2v) is 6.75. The van der Waals surface area contributed by atoms with Gasteiger partial charge >= 0.3 is 0 Å². The van der Waals surface area contributed by atoms with Crippen LogP contribution in [0.25, 0.3) is 32.3 Å². The van der Waals surface area contributed by atoms with Gasteiger partial charge in [-0.25, -0.2) is 0 Å². The predicted molar refractivity (Wildman–Crippen MR) is 106 cm³/mol. The van der Waals surface area contributed by atoms with E-state index in [1.54, 1.807) is 12.1 Å². The Balaban J connectivity index is 1.64. The molecule has 0 unspecified atom stereocenters. The molecule has 1 N–H and O–H groups in total. The Kier molecular flexibility index (Phi) is 3.14. The Morgan fingerprint density at radius 2 is 1.20 bits per heavy atom. The van der Waals surface area contributed by atoms with Crippen molar-refractivity contribution < 1.29 is 5.11 Å². The second kappa shape index (κ2) is 5.49. The zero-order valence-corrected chi connectivity index (χ0v) is 13.9. The van der Waals surface area contributed by atoms with Crippen LogP contribution < -0.4 is 0 Å². The standard InChI is InChI=1S/C24H18O/c25-21-13-5-16(6-14-21)4-7-17-8-9-20-11-10-18-2-1-3-19-12-15-22(17)24(20)23(18)19/h1-3,5-6,8-15,25H,4,7H2. The lowest BCUT2D eigenvalue weighted by Gasteiger charge is -2.14. The monoisotopic (exact) mass is 322 g/mol. The molecule has 0 aliphatic heterocycles. The summed E-state index contributed by atoms with van der Waals surface area (Å²) in [6, 6.07) is 27.6. The predicted octanol–water partition coefficient (Wildman–Crippen LogP) is 6.07. The van der Waals surface area contributed by atoms with E-state index < -0.39 is 0 Å². The Labute approximate surface area is 146 Å². The SMILES string of the molecule is Oc1ccc(CCc2ccc3ccc4cccc5ccc2c3c45)cc1. The van der Waals surface area contributed by atoms with Gasteiger partial charge in [-0.2, -0.15) is 0 Å². The molecule has 0 radical (unpaired) electrons. The van der Waals surface area contributed by atoms with Gasteiger partial charge in [0.2, 0.25) is 0 Å². The third-order valence-electron chi connectivity index (χ3n) is 5.24. The topological polar surface area (TPSA) is 20.2 Å². The summed E-state index contributed by atoms with van der Waals surface area (Å²) in [6.45, 7) is 0. The average molecular weight is 322 g/mol. The highest BCUT2D eigenvalue weighted by molar-refractivity contribution is 6.23. The van der Waals surface area contributed by atoms with Crippen LogP contribution in [0.5, 0.6) is 5.75 Å². The van der Waals surface area contributed by atoms with Crippen molar-refractivity contribution in [1.82, 2.24) is 0 Å². The van der Waals surface area contributed by atoms with Crippen LogP contribution in [0.1, 0.15) is 11.1 Å². The maximum Gasteiger partial charge on any atom is 0.115 e. The van der Waals surface area contributed by atoms with Crippen LogP contribution in [0.15, 0.2) is 78.9 Å². The van der Waals surface area contributed by atoms with Crippen molar-refractivity contribution in [3.8, 4) is 5.75 Å². The van der Waals surface area contributed by atoms with Crippen LogP contribution in [-0.2, 0) is 12.8 Å². The fourth-order valence-corrected chi connectivity index (χ4v) is 3.96. The minimum atomic E-state index is 0.325. The molecule has 5 rings (SSSR count). The summed E-state index contributed by atoms with van der Waals surface area (Å²) in [4.78, 5) is 0. The van der Waals surface area contributed by atoms with Gasteiger partial charge in [0.05, 0.1) is 0 Å². The van der Waals surface area contributed by atoms with Gasteiger partial charge < -0.3 is 5.11 Å². The summed E-state index contributed by atoms with van der Waals surface area (Å²) in [7, 11) is 0. The quantitative estimate of drug-likeness (QED) is 0.399. The molecule has 25 heavy (non-hydrogen) atoms. The van der Waals surface area contributed by atoms with Gasteiger partial charge in [0.1, 0.15) is 5.75 Å². The maximum absolute atomic E-state index is 9.44. The number of hydrogen-bond donors (Lipinski definition) is 1. The van der Waals surface area contributed by atoms with Crippen LogP contribution in [0.2, 0.25) is 0 Å². The lowest BCUT2D eigenvalue weighted by Crippen LogP contribution is -1.94. The van der Waals surface area contributed by atoms with Gasteiger partial charge in [0.15, 0.2) is 0 Å². The summed E-state index contributed by atoms with van der Waals surface area (Å²) in [5.74, 6) is 0.325. The van der Waals surface area contributed by atoms with Crippen LogP contribution in [0.3, 0.4) is 0 Å². The van der Waals surface area contributed by atoms with E-state index in [4.69, 9.17) is 0 Å². The smallest absolute Gasteiger partial charge is 0.115 e. The highest BCUT2D eigenvalue weighted by atomic mass is 16.3. The molecule has 0 amide bonds. The molecule has 0 spiro atoms. The highest BCUT2D eigenvalue weighted by Crippen LogP contribution is 2.36. The number of aryl methyl sites for hydroxylation is 2. The largest absolute Gasteiger partial charge is 0.508 e. The molecule has 0 saturated heterocycles. The third kappa shape index (κ3) is 2.32. The van der Waals surface area contributed by atoms with E-state index in [-0.39, 0.29) is 0 Å². The second-order valence-electron chi connectivity index (χ2n) is 6.75. The third-order valence-corrected chi connectivity index (χ3v) is 5.24. The molecule has 0 aliphatic carbocycles. The first-order chi connectivity index (χ1) is 12.3. The summed E-state index contributed by atoms with van der Waals surface area (Å²) >= 11 is 0. The summed E-state index contributed by atoms with van der Waals surface area (Å²) in [5.41, 5.74) is 2.64. The van der Waals surface area contributed by atoms with E-state index in [1.807, 2.05) is 12.1 Å². The van der Waals surface area contributed by atoms with Crippen molar-refractivity contribution in [3.63, 3.8) is 0 Å². The normalized spacial score (nSPS) is 11.7. The Bertz CT molecular complexity index is 1170. The average Bonchev–Trinajstić information content (AvgIpc) is 2.66. The molecule has 0 fully saturated rings. The van der Waals surface area contributed by atoms with E-state index in [0.717, 1.165) is 12.8 Å². The summed E-state index contributed by atoms with van der Waals surface area (Å²) in [5, 5.41) is 17.5. The number of phenols is 1. The molecule has 5 aromatic carbocycles. The molecular weight excluding hydrogens is 304 g/mol. The van der Waals surface area contributed by atoms with Crippen LogP contribution in [0.4, 0.5) is 0 Å². The minimum Gasteiger partial charge on any atom is -0.508 e. The number of hydrogen-bond acceptors (Lipinski definition) is 1. The molecule has 0 heterocycles. The molecule has 120 valence electrons. The maximum atomic E-state index is 9.44. The molecule has 1 heteroatoms. The first kappa shape index (κ1) is 14.3. The Morgan fingerprint density at radius 1 is 0.560 bits per heavy atom. The number of aromatic hydroxyl groups is 1. The van der Waals surface area contributed by atoms with E-state index in [9.17, 15) is 5.11 Å². The van der Waals surface area contributed by atoms with Gasteiger partial charge in [0.25, 0.3) is 0 Å². The van der Waals surface area contributed by atoms with E-state index >= 15 is 0 Å². The Morgan fingerprint density at radius 3 is 1.96 bits per heavy atom. The Hall–Kier alpha value is -3.06. The van der Waals surface area contributed by atoms with Crippen LogP contribution in [0, 0.1) is 0 Å². The van der Waals surface area contributed by atoms with Gasteiger partial charge in [-0.1, -0.05) is 66.7 Å². The molecular formula is C24H18O. The molecule has 1 nitrogen and oxygen atoms in total. The van der Waals surface area contributed by atoms with E-state index in [2.05, 4.69) is 54.6 Å². The molecule has 0 atom stereocenters. The highest BCUT2D eigenvalue weighted by Gasteiger charge is 2.10. The van der Waals surface area contributed by atoms with Crippen molar-refractivity contribution in [3.05, 3.63) is 90.0 Å². The number of rotatable bonds is 3. The van der Waals surface area contributed by atoms with Crippen molar-refractivity contribution in [1.29, 1.82) is 0 Å². The lowest BCUT2D eigenvalue weighted by atomic mass is 9.90. The first-order valence-electron chi connectivity index (χ1n) is 8.73. The van der Waals surface area contributed by atoms with Crippen molar-refractivity contribution >= 4 is 32.3 Å². The van der Waals surface area contributed by atoms with Crippen LogP contribution in [-0.4, -0.2) is 5.11 Å². The molecule has 0 saturated carbocycles. The van der Waals surface area contributed by atoms with Crippen LogP contribution >= 0.6 is 0 Å². The number of benzene rings is 5.